The molecule has 152 valence electrons. The Labute approximate surface area is 171 Å². The van der Waals surface area contributed by atoms with Crippen LogP contribution in [0.15, 0.2) is 24.7 Å². The highest BCUT2D eigenvalue weighted by Gasteiger charge is 2.41. The number of carbonyl (C=O) groups excluding carboxylic acids is 1. The van der Waals surface area contributed by atoms with E-state index in [1.807, 2.05) is 24.0 Å². The second-order valence-electron chi connectivity index (χ2n) is 8.29. The molecule has 2 aromatic rings. The molecule has 2 aromatic heterocycles. The van der Waals surface area contributed by atoms with E-state index in [1.165, 1.54) is 24.8 Å². The van der Waals surface area contributed by atoms with Gasteiger partial charge in [-0.15, -0.1) is 0 Å². The van der Waals surface area contributed by atoms with Crippen molar-refractivity contribution in [1.29, 1.82) is 0 Å². The number of likely N-dealkylation sites (N-methyl/N-ethyl adjacent to an activating group) is 1. The molecule has 0 bridgehead atoms. The van der Waals surface area contributed by atoms with Crippen molar-refractivity contribution in [3.05, 3.63) is 30.5 Å². The standard InChI is InChI=1S/C22H28N6O/c1-3-17-21(29)26(2)18-14-24-22(25-20(18)28(17)16-10-6-7-11-16)27-13-12-23-19(27)15-8-4-5-9-15/h8,12-14,16-17H,3-7,9-11H2,1-2H3/t17-/m1/s1. The first-order valence-corrected chi connectivity index (χ1v) is 10.8. The highest BCUT2D eigenvalue weighted by Crippen LogP contribution is 2.40. The number of hydrogen-bond donors (Lipinski definition) is 0. The number of nitrogens with zero attached hydrogens (tertiary/aromatic N) is 6. The topological polar surface area (TPSA) is 67.2 Å². The number of carbonyl (C=O) groups is 1. The smallest absolute Gasteiger partial charge is 0.249 e. The molecule has 0 saturated heterocycles. The van der Waals surface area contributed by atoms with Crippen LogP contribution in [0.3, 0.4) is 0 Å². The van der Waals surface area contributed by atoms with Crippen LogP contribution >= 0.6 is 0 Å². The largest absolute Gasteiger partial charge is 0.340 e. The van der Waals surface area contributed by atoms with Crippen LogP contribution in [-0.2, 0) is 4.79 Å². The van der Waals surface area contributed by atoms with Crippen molar-refractivity contribution < 1.29 is 4.79 Å². The number of fused-ring (bicyclic) bond motifs is 1. The van der Waals surface area contributed by atoms with Crippen molar-refractivity contribution in [1.82, 2.24) is 19.5 Å². The molecule has 0 spiro atoms. The normalized spacial score (nSPS) is 22.3. The summed E-state index contributed by atoms with van der Waals surface area (Å²) in [5, 5.41) is 0. The maximum atomic E-state index is 13.0. The maximum absolute atomic E-state index is 13.0. The summed E-state index contributed by atoms with van der Waals surface area (Å²) in [5.41, 5.74) is 2.07. The van der Waals surface area contributed by atoms with E-state index < -0.39 is 0 Å². The van der Waals surface area contributed by atoms with Crippen molar-refractivity contribution >= 4 is 23.0 Å². The third-order valence-electron chi connectivity index (χ3n) is 6.58. The molecule has 1 fully saturated rings. The highest BCUT2D eigenvalue weighted by molar-refractivity contribution is 6.04. The molecule has 1 aliphatic heterocycles. The van der Waals surface area contributed by atoms with E-state index in [4.69, 9.17) is 4.98 Å². The second kappa shape index (κ2) is 7.28. The predicted molar refractivity (Wildman–Crippen MR) is 113 cm³/mol. The highest BCUT2D eigenvalue weighted by atomic mass is 16.2. The third kappa shape index (κ3) is 2.94. The van der Waals surface area contributed by atoms with Gasteiger partial charge in [-0.25, -0.2) is 9.97 Å². The minimum Gasteiger partial charge on any atom is -0.340 e. The zero-order valence-electron chi connectivity index (χ0n) is 17.2. The van der Waals surface area contributed by atoms with Crippen LogP contribution < -0.4 is 9.80 Å². The number of allylic oxidation sites excluding steroid dienone is 2. The zero-order valence-corrected chi connectivity index (χ0v) is 17.2. The van der Waals surface area contributed by atoms with Crippen LogP contribution in [0.2, 0.25) is 0 Å². The lowest BCUT2D eigenvalue weighted by Crippen LogP contribution is -2.55. The van der Waals surface area contributed by atoms with E-state index in [0.29, 0.717) is 12.0 Å². The number of amides is 1. The van der Waals surface area contributed by atoms with E-state index in [-0.39, 0.29) is 11.9 Å². The van der Waals surface area contributed by atoms with Crippen LogP contribution in [0.4, 0.5) is 11.5 Å². The Morgan fingerprint density at radius 3 is 2.72 bits per heavy atom. The number of aromatic nitrogens is 4. The molecule has 0 unspecified atom stereocenters. The summed E-state index contributed by atoms with van der Waals surface area (Å²) in [4.78, 5) is 31.3. The third-order valence-corrected chi connectivity index (χ3v) is 6.58. The Bertz CT molecular complexity index is 958. The molecule has 29 heavy (non-hydrogen) atoms. The van der Waals surface area contributed by atoms with Crippen molar-refractivity contribution in [2.24, 2.45) is 0 Å². The molecule has 5 rings (SSSR count). The fourth-order valence-corrected chi connectivity index (χ4v) is 5.07. The number of hydrogen-bond acceptors (Lipinski definition) is 5. The van der Waals surface area contributed by atoms with Crippen molar-refractivity contribution in [2.75, 3.05) is 16.8 Å². The van der Waals surface area contributed by atoms with Gasteiger partial charge in [0.1, 0.15) is 17.6 Å². The van der Waals surface area contributed by atoms with Gasteiger partial charge in [-0.1, -0.05) is 25.8 Å². The van der Waals surface area contributed by atoms with Gasteiger partial charge in [0.05, 0.1) is 6.20 Å². The summed E-state index contributed by atoms with van der Waals surface area (Å²) in [6, 6.07) is 0.219. The van der Waals surface area contributed by atoms with E-state index in [2.05, 4.69) is 27.9 Å². The van der Waals surface area contributed by atoms with Crippen LogP contribution in [0.1, 0.15) is 64.1 Å². The van der Waals surface area contributed by atoms with Gasteiger partial charge in [-0.05, 0) is 44.1 Å². The summed E-state index contributed by atoms with van der Waals surface area (Å²) in [6.45, 7) is 2.09. The molecule has 1 atom stereocenters. The van der Waals surface area contributed by atoms with E-state index >= 15 is 0 Å². The summed E-state index contributed by atoms with van der Waals surface area (Å²) >= 11 is 0. The first-order valence-electron chi connectivity index (χ1n) is 10.8. The fraction of sp³-hybridized carbons (Fsp3) is 0.545. The molecule has 3 aliphatic rings. The summed E-state index contributed by atoms with van der Waals surface area (Å²) < 4.78 is 1.99. The van der Waals surface area contributed by atoms with Crippen LogP contribution in [0.5, 0.6) is 0 Å². The Balaban J connectivity index is 1.62. The van der Waals surface area contributed by atoms with Crippen LogP contribution in [-0.4, -0.2) is 44.6 Å². The van der Waals surface area contributed by atoms with Gasteiger partial charge in [-0.2, -0.15) is 4.98 Å². The lowest BCUT2D eigenvalue weighted by Gasteiger charge is -2.43. The fourth-order valence-electron chi connectivity index (χ4n) is 5.07. The average molecular weight is 393 g/mol. The quantitative estimate of drug-likeness (QED) is 0.793. The molecule has 0 aromatic carbocycles. The SMILES string of the molecule is CC[C@@H]1C(=O)N(C)c2cnc(-n3ccnc3C3=CCCC3)nc2N1C1CCCC1. The van der Waals surface area contributed by atoms with Gasteiger partial charge in [0.15, 0.2) is 5.82 Å². The van der Waals surface area contributed by atoms with Crippen LogP contribution in [0.25, 0.3) is 11.5 Å². The Morgan fingerprint density at radius 1 is 1.17 bits per heavy atom. The molecular formula is C22H28N6O. The van der Waals surface area contributed by atoms with E-state index in [0.717, 1.165) is 49.4 Å². The maximum Gasteiger partial charge on any atom is 0.249 e. The lowest BCUT2D eigenvalue weighted by molar-refractivity contribution is -0.120. The molecule has 0 N–H and O–H groups in total. The average Bonchev–Trinajstić information content (AvgIpc) is 3.51. The van der Waals surface area contributed by atoms with E-state index in [9.17, 15) is 4.79 Å². The predicted octanol–water partition coefficient (Wildman–Crippen LogP) is 3.73. The molecule has 1 saturated carbocycles. The molecule has 1 amide bonds. The molecular weight excluding hydrogens is 364 g/mol. The Hall–Kier alpha value is -2.70. The minimum atomic E-state index is -0.154. The first kappa shape index (κ1) is 18.3. The monoisotopic (exact) mass is 392 g/mol. The van der Waals surface area contributed by atoms with Crippen molar-refractivity contribution in [2.45, 2.75) is 70.4 Å². The molecule has 0 radical (unpaired) electrons. The van der Waals surface area contributed by atoms with Gasteiger partial charge < -0.3 is 9.80 Å². The number of anilines is 2. The number of rotatable bonds is 4. The molecule has 7 nitrogen and oxygen atoms in total. The van der Waals surface area contributed by atoms with Gasteiger partial charge >= 0.3 is 0 Å². The Morgan fingerprint density at radius 2 is 2.00 bits per heavy atom. The lowest BCUT2D eigenvalue weighted by atomic mass is 10.0. The minimum absolute atomic E-state index is 0.141. The summed E-state index contributed by atoms with van der Waals surface area (Å²) in [5.74, 6) is 2.59. The van der Waals surface area contributed by atoms with Gasteiger partial charge in [0.2, 0.25) is 11.9 Å². The second-order valence-corrected chi connectivity index (χ2v) is 8.29. The summed E-state index contributed by atoms with van der Waals surface area (Å²) in [7, 11) is 1.84. The molecule has 2 aliphatic carbocycles. The van der Waals surface area contributed by atoms with Gasteiger partial charge in [0, 0.05) is 25.5 Å². The number of imidazole rings is 1. The summed E-state index contributed by atoms with van der Waals surface area (Å²) in [6.07, 6.45) is 16.6. The molecule has 3 heterocycles. The molecule has 7 heteroatoms. The van der Waals surface area contributed by atoms with Gasteiger partial charge in [-0.3, -0.25) is 9.36 Å². The van der Waals surface area contributed by atoms with E-state index in [1.54, 1.807) is 11.1 Å². The zero-order chi connectivity index (χ0) is 20.0. The van der Waals surface area contributed by atoms with Crippen LogP contribution in [0, 0.1) is 0 Å². The van der Waals surface area contributed by atoms with Gasteiger partial charge in [0.25, 0.3) is 0 Å². The van der Waals surface area contributed by atoms with Crippen molar-refractivity contribution in [3.8, 4) is 5.95 Å². The Kier molecular flexibility index (Phi) is 4.60. The first-order chi connectivity index (χ1) is 14.2. The van der Waals surface area contributed by atoms with Crippen molar-refractivity contribution in [3.63, 3.8) is 0 Å².